The second-order valence-corrected chi connectivity index (χ2v) is 3.50. The molecule has 0 saturated carbocycles. The van der Waals surface area contributed by atoms with Crippen LogP contribution in [0, 0.1) is 18.6 Å². The van der Waals surface area contributed by atoms with Crippen LogP contribution in [0.5, 0.6) is 0 Å². The first-order valence-corrected chi connectivity index (χ1v) is 4.64. The molecule has 0 unspecified atom stereocenters. The average molecular weight is 204 g/mol. The van der Waals surface area contributed by atoms with Crippen LogP contribution in [0.15, 0.2) is 30.8 Å². The molecule has 0 spiro atoms. The van der Waals surface area contributed by atoms with Crippen molar-refractivity contribution in [2.75, 3.05) is 0 Å². The molecule has 0 aliphatic carbocycles. The van der Waals surface area contributed by atoms with E-state index in [4.69, 9.17) is 0 Å². The van der Waals surface area contributed by atoms with Gasteiger partial charge in [0.25, 0.3) is 0 Å². The normalized spacial score (nSPS) is 10.6. The quantitative estimate of drug-likeness (QED) is 0.656. The van der Waals surface area contributed by atoms with Crippen LogP contribution in [0.2, 0.25) is 0 Å². The van der Waals surface area contributed by atoms with Crippen molar-refractivity contribution in [1.29, 1.82) is 0 Å². The highest BCUT2D eigenvalue weighted by atomic mass is 19.1. The number of aryl methyl sites for hydroxylation is 1. The van der Waals surface area contributed by atoms with E-state index in [0.29, 0.717) is 16.3 Å². The second-order valence-electron chi connectivity index (χ2n) is 3.50. The van der Waals surface area contributed by atoms with Crippen molar-refractivity contribution in [2.45, 2.75) is 6.92 Å². The van der Waals surface area contributed by atoms with Gasteiger partial charge in [-0.2, -0.15) is 0 Å². The van der Waals surface area contributed by atoms with Gasteiger partial charge in [-0.05, 0) is 30.2 Å². The molecule has 76 valence electrons. The molecule has 0 saturated heterocycles. The van der Waals surface area contributed by atoms with Gasteiger partial charge < -0.3 is 0 Å². The Bertz CT molecular complexity index is 542. The highest BCUT2D eigenvalue weighted by Crippen LogP contribution is 2.25. The zero-order chi connectivity index (χ0) is 11.0. The molecule has 2 aromatic rings. The average Bonchev–Trinajstić information content (AvgIpc) is 2.25. The third-order valence-corrected chi connectivity index (χ3v) is 2.46. The predicted octanol–water partition coefficient (Wildman–Crippen LogP) is 4.07. The summed E-state index contributed by atoms with van der Waals surface area (Å²) in [5, 5.41) is 0.619. The first-order chi connectivity index (χ1) is 7.13. The number of fused-ring (bicyclic) bond motifs is 1. The van der Waals surface area contributed by atoms with E-state index in [9.17, 15) is 8.78 Å². The summed E-state index contributed by atoms with van der Waals surface area (Å²) in [6.07, 6.45) is 1.61. The monoisotopic (exact) mass is 204 g/mol. The summed E-state index contributed by atoms with van der Waals surface area (Å²) in [6, 6.07) is 6.11. The van der Waals surface area contributed by atoms with E-state index in [1.165, 1.54) is 6.07 Å². The number of benzene rings is 2. The summed E-state index contributed by atoms with van der Waals surface area (Å²) < 4.78 is 27.2. The molecule has 2 aromatic carbocycles. The molecule has 2 heteroatoms. The minimum absolute atomic E-state index is 0.301. The minimum Gasteiger partial charge on any atom is -0.206 e. The summed E-state index contributed by atoms with van der Waals surface area (Å²) >= 11 is 0. The maximum Gasteiger partial charge on any atom is 0.134 e. The lowest BCUT2D eigenvalue weighted by molar-refractivity contribution is 0.610. The smallest absolute Gasteiger partial charge is 0.134 e. The zero-order valence-corrected chi connectivity index (χ0v) is 8.35. The van der Waals surface area contributed by atoms with Crippen LogP contribution >= 0.6 is 0 Å². The Morgan fingerprint density at radius 1 is 1.13 bits per heavy atom. The summed E-state index contributed by atoms with van der Waals surface area (Å²) in [5.41, 5.74) is 1.11. The van der Waals surface area contributed by atoms with Crippen molar-refractivity contribution in [3.8, 4) is 0 Å². The highest BCUT2D eigenvalue weighted by molar-refractivity contribution is 5.86. The van der Waals surface area contributed by atoms with Gasteiger partial charge in [-0.3, -0.25) is 0 Å². The first-order valence-electron chi connectivity index (χ1n) is 4.64. The van der Waals surface area contributed by atoms with E-state index in [1.54, 1.807) is 31.2 Å². The molecule has 0 aromatic heterocycles. The van der Waals surface area contributed by atoms with Gasteiger partial charge in [0.15, 0.2) is 0 Å². The molecule has 2 rings (SSSR count). The van der Waals surface area contributed by atoms with Gasteiger partial charge in [0.2, 0.25) is 0 Å². The Labute approximate surface area is 86.8 Å². The highest BCUT2D eigenvalue weighted by Gasteiger charge is 2.09. The van der Waals surface area contributed by atoms with Crippen LogP contribution in [0.3, 0.4) is 0 Å². The summed E-state index contributed by atoms with van der Waals surface area (Å²) in [5.74, 6) is -0.755. The first kappa shape index (κ1) is 9.84. The standard InChI is InChI=1S/C13H10F2/c1-3-9-4-5-10-11(7-9)12(14)6-8(2)13(10)15/h3-7H,1H2,2H3. The third kappa shape index (κ3) is 1.52. The van der Waals surface area contributed by atoms with Crippen LogP contribution in [-0.2, 0) is 0 Å². The van der Waals surface area contributed by atoms with Crippen LogP contribution in [-0.4, -0.2) is 0 Å². The van der Waals surface area contributed by atoms with Crippen molar-refractivity contribution in [1.82, 2.24) is 0 Å². The summed E-state index contributed by atoms with van der Waals surface area (Å²) in [4.78, 5) is 0. The molecule has 0 aliphatic heterocycles. The fourth-order valence-electron chi connectivity index (χ4n) is 1.62. The van der Waals surface area contributed by atoms with Crippen LogP contribution in [0.25, 0.3) is 16.8 Å². The molecular formula is C13H10F2. The van der Waals surface area contributed by atoms with Crippen molar-refractivity contribution < 1.29 is 8.78 Å². The van der Waals surface area contributed by atoms with Crippen molar-refractivity contribution in [2.24, 2.45) is 0 Å². The largest absolute Gasteiger partial charge is 0.206 e. The Hall–Kier alpha value is -1.70. The lowest BCUT2D eigenvalue weighted by Gasteiger charge is -2.05. The summed E-state index contributed by atoms with van der Waals surface area (Å²) in [6.45, 7) is 5.15. The van der Waals surface area contributed by atoms with Crippen LogP contribution in [0.4, 0.5) is 8.78 Å². The molecule has 0 bridgehead atoms. The van der Waals surface area contributed by atoms with E-state index in [1.807, 2.05) is 0 Å². The predicted molar refractivity (Wildman–Crippen MR) is 58.7 cm³/mol. The number of rotatable bonds is 1. The Kier molecular flexibility index (Phi) is 2.27. The molecule has 0 nitrogen and oxygen atoms in total. The molecule has 0 amide bonds. The van der Waals surface area contributed by atoms with Gasteiger partial charge in [-0.25, -0.2) is 8.78 Å². The molecule has 15 heavy (non-hydrogen) atoms. The third-order valence-electron chi connectivity index (χ3n) is 2.46. The van der Waals surface area contributed by atoms with Crippen molar-refractivity contribution in [3.05, 3.63) is 53.6 Å². The fraction of sp³-hybridized carbons (Fsp3) is 0.0769. The maximum atomic E-state index is 13.6. The number of hydrogen-bond acceptors (Lipinski definition) is 0. The fourth-order valence-corrected chi connectivity index (χ4v) is 1.62. The van der Waals surface area contributed by atoms with Gasteiger partial charge in [-0.15, -0.1) is 0 Å². The molecule has 0 aliphatic rings. The Morgan fingerprint density at radius 2 is 1.87 bits per heavy atom. The minimum atomic E-state index is -0.396. The molecular weight excluding hydrogens is 194 g/mol. The van der Waals surface area contributed by atoms with Gasteiger partial charge in [-0.1, -0.05) is 24.8 Å². The van der Waals surface area contributed by atoms with Gasteiger partial charge >= 0.3 is 0 Å². The SMILES string of the molecule is C=Cc1ccc2c(F)c(C)cc(F)c2c1. The number of hydrogen-bond donors (Lipinski definition) is 0. The Morgan fingerprint density at radius 3 is 2.53 bits per heavy atom. The van der Waals surface area contributed by atoms with E-state index in [0.717, 1.165) is 5.56 Å². The summed E-state index contributed by atoms with van der Waals surface area (Å²) in [7, 11) is 0. The van der Waals surface area contributed by atoms with Crippen molar-refractivity contribution in [3.63, 3.8) is 0 Å². The maximum absolute atomic E-state index is 13.6. The Balaban J connectivity index is 2.89. The van der Waals surface area contributed by atoms with Crippen molar-refractivity contribution >= 4 is 16.8 Å². The van der Waals surface area contributed by atoms with E-state index < -0.39 is 5.82 Å². The zero-order valence-electron chi connectivity index (χ0n) is 8.35. The second kappa shape index (κ2) is 3.46. The van der Waals surface area contributed by atoms with Crippen LogP contribution < -0.4 is 0 Å². The van der Waals surface area contributed by atoms with Gasteiger partial charge in [0, 0.05) is 10.8 Å². The molecule has 0 atom stereocenters. The van der Waals surface area contributed by atoms with Crippen LogP contribution in [0.1, 0.15) is 11.1 Å². The van der Waals surface area contributed by atoms with E-state index in [-0.39, 0.29) is 5.82 Å². The lowest BCUT2D eigenvalue weighted by Crippen LogP contribution is -1.90. The number of halogens is 2. The molecule has 0 N–H and O–H groups in total. The van der Waals surface area contributed by atoms with E-state index >= 15 is 0 Å². The molecule has 0 fully saturated rings. The van der Waals surface area contributed by atoms with Gasteiger partial charge in [0.05, 0.1) is 0 Å². The van der Waals surface area contributed by atoms with E-state index in [2.05, 4.69) is 6.58 Å². The topological polar surface area (TPSA) is 0 Å². The lowest BCUT2D eigenvalue weighted by atomic mass is 10.0. The molecule has 0 heterocycles. The van der Waals surface area contributed by atoms with Gasteiger partial charge in [0.1, 0.15) is 11.6 Å². The molecule has 0 radical (unpaired) electrons.